The Labute approximate surface area is 115 Å². The first kappa shape index (κ1) is 11.9. The normalized spacial score (nSPS) is 10.6. The SMILES string of the molecule is Cc1cc(Oc2cccc3cccnc23)nc(Cl)n1. The van der Waals surface area contributed by atoms with Gasteiger partial charge in [0.1, 0.15) is 5.52 Å². The Bertz CT molecular complexity index is 720. The van der Waals surface area contributed by atoms with Crippen molar-refractivity contribution in [2.45, 2.75) is 6.92 Å². The van der Waals surface area contributed by atoms with Crippen LogP contribution in [0.5, 0.6) is 11.6 Å². The summed E-state index contributed by atoms with van der Waals surface area (Å²) in [6, 6.07) is 11.3. The van der Waals surface area contributed by atoms with Gasteiger partial charge in [-0.3, -0.25) is 4.98 Å². The lowest BCUT2D eigenvalue weighted by atomic mass is 10.2. The standard InChI is InChI=1S/C14H10ClN3O/c1-9-8-12(18-14(15)17-9)19-11-6-2-4-10-5-3-7-16-13(10)11/h2-8H,1H3. The Morgan fingerprint density at radius 2 is 1.95 bits per heavy atom. The maximum atomic E-state index is 5.82. The van der Waals surface area contributed by atoms with Crippen LogP contribution in [0.1, 0.15) is 5.69 Å². The highest BCUT2D eigenvalue weighted by atomic mass is 35.5. The van der Waals surface area contributed by atoms with Crippen molar-refractivity contribution in [1.82, 2.24) is 15.0 Å². The molecule has 5 heteroatoms. The Balaban J connectivity index is 2.05. The molecule has 0 saturated carbocycles. The monoisotopic (exact) mass is 271 g/mol. The molecule has 0 unspecified atom stereocenters. The fourth-order valence-electron chi connectivity index (χ4n) is 1.83. The van der Waals surface area contributed by atoms with E-state index in [2.05, 4.69) is 15.0 Å². The summed E-state index contributed by atoms with van der Waals surface area (Å²) in [7, 11) is 0. The third-order valence-corrected chi connectivity index (χ3v) is 2.78. The summed E-state index contributed by atoms with van der Waals surface area (Å²) >= 11 is 5.82. The molecule has 0 amide bonds. The van der Waals surface area contributed by atoms with Crippen LogP contribution in [0, 0.1) is 6.92 Å². The van der Waals surface area contributed by atoms with Gasteiger partial charge >= 0.3 is 0 Å². The van der Waals surface area contributed by atoms with Crippen molar-refractivity contribution in [1.29, 1.82) is 0 Å². The van der Waals surface area contributed by atoms with E-state index in [1.807, 2.05) is 37.3 Å². The van der Waals surface area contributed by atoms with Crippen molar-refractivity contribution in [3.63, 3.8) is 0 Å². The molecule has 0 spiro atoms. The summed E-state index contributed by atoms with van der Waals surface area (Å²) in [5.41, 5.74) is 1.54. The molecular weight excluding hydrogens is 262 g/mol. The van der Waals surface area contributed by atoms with Crippen molar-refractivity contribution in [2.24, 2.45) is 0 Å². The van der Waals surface area contributed by atoms with Crippen LogP contribution in [0.4, 0.5) is 0 Å². The van der Waals surface area contributed by atoms with E-state index < -0.39 is 0 Å². The minimum atomic E-state index is 0.170. The quantitative estimate of drug-likeness (QED) is 0.666. The number of halogens is 1. The highest BCUT2D eigenvalue weighted by molar-refractivity contribution is 6.28. The number of hydrogen-bond donors (Lipinski definition) is 0. The second kappa shape index (κ2) is 4.82. The molecule has 3 rings (SSSR count). The van der Waals surface area contributed by atoms with E-state index >= 15 is 0 Å². The molecule has 1 aromatic carbocycles. The van der Waals surface area contributed by atoms with Gasteiger partial charge in [0.2, 0.25) is 11.2 Å². The van der Waals surface area contributed by atoms with Crippen LogP contribution in [0.3, 0.4) is 0 Å². The van der Waals surface area contributed by atoms with Crippen molar-refractivity contribution in [2.75, 3.05) is 0 Å². The van der Waals surface area contributed by atoms with Crippen molar-refractivity contribution in [3.8, 4) is 11.6 Å². The van der Waals surface area contributed by atoms with Gasteiger partial charge in [0, 0.05) is 23.3 Å². The highest BCUT2D eigenvalue weighted by Gasteiger charge is 2.06. The topological polar surface area (TPSA) is 47.9 Å². The first-order valence-corrected chi connectivity index (χ1v) is 6.13. The Hall–Kier alpha value is -2.20. The zero-order valence-corrected chi connectivity index (χ0v) is 10.9. The molecule has 2 heterocycles. The molecule has 2 aromatic heterocycles. The molecule has 19 heavy (non-hydrogen) atoms. The number of hydrogen-bond acceptors (Lipinski definition) is 4. The minimum Gasteiger partial charge on any atom is -0.437 e. The molecule has 0 fully saturated rings. The van der Waals surface area contributed by atoms with E-state index in [4.69, 9.17) is 16.3 Å². The van der Waals surface area contributed by atoms with Gasteiger partial charge in [-0.05, 0) is 30.7 Å². The molecule has 0 radical (unpaired) electrons. The summed E-state index contributed by atoms with van der Waals surface area (Å²) in [5.74, 6) is 1.06. The van der Waals surface area contributed by atoms with Gasteiger partial charge in [-0.25, -0.2) is 4.98 Å². The summed E-state index contributed by atoms with van der Waals surface area (Å²) in [6.07, 6.45) is 1.73. The molecule has 0 bridgehead atoms. The minimum absolute atomic E-state index is 0.170. The largest absolute Gasteiger partial charge is 0.437 e. The lowest BCUT2D eigenvalue weighted by molar-refractivity contribution is 0.465. The molecule has 0 aliphatic heterocycles. The van der Waals surface area contributed by atoms with Crippen LogP contribution >= 0.6 is 11.6 Å². The fraction of sp³-hybridized carbons (Fsp3) is 0.0714. The Morgan fingerprint density at radius 1 is 1.11 bits per heavy atom. The molecule has 0 saturated heterocycles. The predicted molar refractivity (Wildman–Crippen MR) is 73.6 cm³/mol. The zero-order valence-electron chi connectivity index (χ0n) is 10.2. The third kappa shape index (κ3) is 2.48. The summed E-state index contributed by atoms with van der Waals surface area (Å²) < 4.78 is 5.76. The molecule has 0 atom stereocenters. The van der Waals surface area contributed by atoms with Gasteiger partial charge in [-0.15, -0.1) is 0 Å². The number of benzene rings is 1. The van der Waals surface area contributed by atoms with E-state index in [9.17, 15) is 0 Å². The number of rotatable bonds is 2. The zero-order chi connectivity index (χ0) is 13.2. The number of para-hydroxylation sites is 1. The molecule has 0 N–H and O–H groups in total. The van der Waals surface area contributed by atoms with Gasteiger partial charge in [0.05, 0.1) is 0 Å². The number of nitrogens with zero attached hydrogens (tertiary/aromatic N) is 3. The number of aryl methyl sites for hydroxylation is 1. The second-order valence-electron chi connectivity index (χ2n) is 4.05. The lowest BCUT2D eigenvalue weighted by Crippen LogP contribution is -1.93. The Morgan fingerprint density at radius 3 is 2.79 bits per heavy atom. The summed E-state index contributed by atoms with van der Waals surface area (Å²) in [4.78, 5) is 12.4. The van der Waals surface area contributed by atoms with Gasteiger partial charge < -0.3 is 4.74 Å². The maximum Gasteiger partial charge on any atom is 0.225 e. The van der Waals surface area contributed by atoms with Crippen molar-refractivity contribution in [3.05, 3.63) is 53.6 Å². The van der Waals surface area contributed by atoms with Crippen LogP contribution in [0.25, 0.3) is 10.9 Å². The first-order valence-electron chi connectivity index (χ1n) is 5.75. The van der Waals surface area contributed by atoms with Crippen LogP contribution < -0.4 is 4.74 Å². The van der Waals surface area contributed by atoms with Gasteiger partial charge in [0.15, 0.2) is 5.75 Å². The number of ether oxygens (including phenoxy) is 1. The van der Waals surface area contributed by atoms with Gasteiger partial charge in [0.25, 0.3) is 0 Å². The van der Waals surface area contributed by atoms with E-state index in [1.54, 1.807) is 12.3 Å². The van der Waals surface area contributed by atoms with E-state index in [1.165, 1.54) is 0 Å². The number of aromatic nitrogens is 3. The second-order valence-corrected chi connectivity index (χ2v) is 4.39. The third-order valence-electron chi connectivity index (χ3n) is 2.61. The average molecular weight is 272 g/mol. The number of pyridine rings is 1. The van der Waals surface area contributed by atoms with E-state index in [-0.39, 0.29) is 5.28 Å². The predicted octanol–water partition coefficient (Wildman–Crippen LogP) is 3.78. The summed E-state index contributed by atoms with van der Waals surface area (Å²) in [5, 5.41) is 1.18. The summed E-state index contributed by atoms with van der Waals surface area (Å²) in [6.45, 7) is 1.84. The molecule has 0 aliphatic rings. The maximum absolute atomic E-state index is 5.82. The van der Waals surface area contributed by atoms with E-state index in [0.29, 0.717) is 11.6 Å². The first-order chi connectivity index (χ1) is 9.22. The number of fused-ring (bicyclic) bond motifs is 1. The van der Waals surface area contributed by atoms with Crippen molar-refractivity contribution < 1.29 is 4.74 Å². The van der Waals surface area contributed by atoms with Crippen LogP contribution in [-0.2, 0) is 0 Å². The molecule has 0 aliphatic carbocycles. The molecule has 94 valence electrons. The molecule has 3 aromatic rings. The van der Waals surface area contributed by atoms with Crippen LogP contribution in [-0.4, -0.2) is 15.0 Å². The van der Waals surface area contributed by atoms with Crippen LogP contribution in [0.15, 0.2) is 42.6 Å². The average Bonchev–Trinajstić information content (AvgIpc) is 2.38. The molecular formula is C14H10ClN3O. The Kier molecular flexibility index (Phi) is 3.01. The van der Waals surface area contributed by atoms with E-state index in [0.717, 1.165) is 16.6 Å². The highest BCUT2D eigenvalue weighted by Crippen LogP contribution is 2.27. The molecule has 4 nitrogen and oxygen atoms in total. The van der Waals surface area contributed by atoms with Crippen molar-refractivity contribution >= 4 is 22.5 Å². The van der Waals surface area contributed by atoms with Gasteiger partial charge in [-0.2, -0.15) is 4.98 Å². The smallest absolute Gasteiger partial charge is 0.225 e. The van der Waals surface area contributed by atoms with Crippen LogP contribution in [0.2, 0.25) is 5.28 Å². The fourth-order valence-corrected chi connectivity index (χ4v) is 2.04. The lowest BCUT2D eigenvalue weighted by Gasteiger charge is -2.07. The van der Waals surface area contributed by atoms with Gasteiger partial charge in [-0.1, -0.05) is 18.2 Å².